The monoisotopic (exact) mass is 206 g/mol. The summed E-state index contributed by atoms with van der Waals surface area (Å²) >= 11 is 0. The molecule has 0 spiro atoms. The summed E-state index contributed by atoms with van der Waals surface area (Å²) in [6.07, 6.45) is 2.14. The summed E-state index contributed by atoms with van der Waals surface area (Å²) in [6, 6.07) is 8.30. The Labute approximate surface area is 85.2 Å². The summed E-state index contributed by atoms with van der Waals surface area (Å²) in [5.74, 6) is -1.01. The molecular formula is C9H8N3O3-. The second kappa shape index (κ2) is 5.38. The number of benzene rings is 1. The number of hydrogen-bond donors (Lipinski definition) is 3. The second-order valence-corrected chi connectivity index (χ2v) is 2.44. The number of carboxylic acid groups (broad SMARTS) is 1. The van der Waals surface area contributed by atoms with Gasteiger partial charge in [-0.05, 0) is 12.1 Å². The number of carbonyl (C=O) groups is 1. The van der Waals surface area contributed by atoms with E-state index in [9.17, 15) is 4.79 Å². The van der Waals surface area contributed by atoms with Gasteiger partial charge in [-0.3, -0.25) is 11.3 Å². The lowest BCUT2D eigenvalue weighted by atomic mass is 10.2. The Morgan fingerprint density at radius 3 is 2.27 bits per heavy atom. The van der Waals surface area contributed by atoms with Gasteiger partial charge in [0.25, 0.3) is 0 Å². The number of aromatic nitrogens is 3. The molecule has 0 bridgehead atoms. The molecule has 2 aromatic rings. The molecule has 1 aromatic heterocycles. The van der Waals surface area contributed by atoms with E-state index in [2.05, 4.69) is 21.6 Å². The molecule has 0 unspecified atom stereocenters. The van der Waals surface area contributed by atoms with E-state index in [4.69, 9.17) is 10.2 Å². The van der Waals surface area contributed by atoms with Crippen molar-refractivity contribution in [1.29, 1.82) is 0 Å². The van der Waals surface area contributed by atoms with E-state index in [0.29, 0.717) is 5.56 Å². The fourth-order valence-electron chi connectivity index (χ4n) is 0.750. The van der Waals surface area contributed by atoms with Crippen LogP contribution in [-0.4, -0.2) is 31.6 Å². The third-order valence-corrected chi connectivity index (χ3v) is 1.38. The summed E-state index contributed by atoms with van der Waals surface area (Å²) in [7, 11) is 0. The van der Waals surface area contributed by atoms with Crippen molar-refractivity contribution in [3.63, 3.8) is 0 Å². The fourth-order valence-corrected chi connectivity index (χ4v) is 0.750. The highest BCUT2D eigenvalue weighted by atomic mass is 16.4. The minimum atomic E-state index is -0.879. The van der Waals surface area contributed by atoms with Crippen LogP contribution in [-0.2, 0) is 0 Å². The van der Waals surface area contributed by atoms with Crippen LogP contribution in [0.15, 0.2) is 30.3 Å². The van der Waals surface area contributed by atoms with Crippen molar-refractivity contribution in [2.45, 2.75) is 0 Å². The molecule has 15 heavy (non-hydrogen) atoms. The minimum absolute atomic E-state index is 0.130. The van der Waals surface area contributed by atoms with Crippen LogP contribution in [0.2, 0.25) is 0 Å². The van der Waals surface area contributed by atoms with Gasteiger partial charge in [0.2, 0.25) is 0 Å². The van der Waals surface area contributed by atoms with Crippen LogP contribution in [0.4, 0.5) is 0 Å². The van der Waals surface area contributed by atoms with Crippen molar-refractivity contribution in [2.24, 2.45) is 0 Å². The van der Waals surface area contributed by atoms with Gasteiger partial charge in [0.05, 0.1) is 5.56 Å². The largest absolute Gasteiger partial charge is 0.525 e. The van der Waals surface area contributed by atoms with E-state index >= 15 is 0 Å². The van der Waals surface area contributed by atoms with Crippen molar-refractivity contribution >= 4 is 5.97 Å². The Kier molecular flexibility index (Phi) is 3.84. The molecule has 6 heteroatoms. The highest BCUT2D eigenvalue weighted by Gasteiger charge is 1.96. The van der Waals surface area contributed by atoms with E-state index in [1.165, 1.54) is 0 Å². The van der Waals surface area contributed by atoms with Gasteiger partial charge in [-0.1, -0.05) is 18.2 Å². The van der Waals surface area contributed by atoms with Crippen LogP contribution in [0.3, 0.4) is 0 Å². The maximum Gasteiger partial charge on any atom is 0.335 e. The average Bonchev–Trinajstić information content (AvgIpc) is 2.71. The molecule has 0 aliphatic rings. The van der Waals surface area contributed by atoms with Gasteiger partial charge in [0.1, 0.15) is 0 Å². The van der Waals surface area contributed by atoms with E-state index in [1.807, 2.05) is 0 Å². The molecule has 0 amide bonds. The lowest BCUT2D eigenvalue weighted by Crippen LogP contribution is -1.93. The van der Waals surface area contributed by atoms with Crippen molar-refractivity contribution in [3.05, 3.63) is 42.1 Å². The highest BCUT2D eigenvalue weighted by Crippen LogP contribution is 1.96. The SMILES string of the molecule is O=C(O)c1ccccc1.Oc1[c-]nn[nH]1. The van der Waals surface area contributed by atoms with Gasteiger partial charge in [-0.25, -0.2) is 4.79 Å². The zero-order valence-electron chi connectivity index (χ0n) is 7.58. The van der Waals surface area contributed by atoms with Crippen molar-refractivity contribution in [1.82, 2.24) is 15.4 Å². The molecule has 3 N–H and O–H groups in total. The molecule has 0 atom stereocenters. The van der Waals surface area contributed by atoms with Crippen LogP contribution in [0.5, 0.6) is 5.88 Å². The molecule has 0 fully saturated rings. The minimum Gasteiger partial charge on any atom is -0.525 e. The third kappa shape index (κ3) is 3.90. The first-order valence-electron chi connectivity index (χ1n) is 3.96. The number of nitrogens with one attached hydrogen (secondary N) is 1. The van der Waals surface area contributed by atoms with Crippen LogP contribution < -0.4 is 0 Å². The second-order valence-electron chi connectivity index (χ2n) is 2.44. The number of aromatic amines is 1. The molecule has 0 aliphatic carbocycles. The maximum absolute atomic E-state index is 10.2. The van der Waals surface area contributed by atoms with Crippen molar-refractivity contribution in [2.75, 3.05) is 0 Å². The van der Waals surface area contributed by atoms with Gasteiger partial charge in [0.15, 0.2) is 0 Å². The normalized spacial score (nSPS) is 8.80. The van der Waals surface area contributed by atoms with Gasteiger partial charge >= 0.3 is 5.97 Å². The molecule has 0 radical (unpaired) electrons. The quantitative estimate of drug-likeness (QED) is 0.596. The zero-order chi connectivity index (χ0) is 11.1. The van der Waals surface area contributed by atoms with Crippen LogP contribution in [0.25, 0.3) is 0 Å². The van der Waals surface area contributed by atoms with E-state index < -0.39 is 5.97 Å². The number of carboxylic acids is 1. The summed E-state index contributed by atoms with van der Waals surface area (Å²) in [5.41, 5.74) is 0.331. The van der Waals surface area contributed by atoms with Crippen molar-refractivity contribution < 1.29 is 15.0 Å². The third-order valence-electron chi connectivity index (χ3n) is 1.38. The van der Waals surface area contributed by atoms with E-state index in [0.717, 1.165) is 0 Å². The van der Waals surface area contributed by atoms with E-state index in [-0.39, 0.29) is 5.88 Å². The number of H-pyrrole nitrogens is 1. The molecule has 1 aromatic carbocycles. The smallest absolute Gasteiger partial charge is 0.335 e. The lowest BCUT2D eigenvalue weighted by Gasteiger charge is -1.88. The Morgan fingerprint density at radius 2 is 2.00 bits per heavy atom. The van der Waals surface area contributed by atoms with Gasteiger partial charge < -0.3 is 15.3 Å². The standard InChI is InChI=1S/C7H6O2.C2H2N3O/c8-7(9)6-4-2-1-3-5-6;6-2-1-3-5-4-2/h1-5H,(H,8,9);(H2,3,4,5,6)/q;-1. The predicted octanol–water partition coefficient (Wildman–Crippen LogP) is 0.695. The predicted molar refractivity (Wildman–Crippen MR) is 50.3 cm³/mol. The number of nitrogens with zero attached hydrogens (tertiary/aromatic N) is 2. The molecule has 0 aliphatic heterocycles. The first kappa shape index (κ1) is 10.7. The number of aromatic carboxylic acids is 1. The molecule has 0 saturated heterocycles. The first-order chi connectivity index (χ1) is 7.20. The average molecular weight is 206 g/mol. The molecule has 0 saturated carbocycles. The van der Waals surface area contributed by atoms with Crippen LogP contribution in [0.1, 0.15) is 10.4 Å². The maximum atomic E-state index is 10.2. The van der Waals surface area contributed by atoms with Gasteiger partial charge in [-0.15, -0.1) is 5.21 Å². The molecule has 1 heterocycles. The van der Waals surface area contributed by atoms with Crippen molar-refractivity contribution in [3.8, 4) is 5.88 Å². The first-order valence-corrected chi connectivity index (χ1v) is 3.96. The summed E-state index contributed by atoms with van der Waals surface area (Å²) < 4.78 is 0. The molecule has 6 nitrogen and oxygen atoms in total. The molecule has 78 valence electrons. The summed E-state index contributed by atoms with van der Waals surface area (Å²) in [5, 5.41) is 25.0. The topological polar surface area (TPSA) is 99.1 Å². The Balaban J connectivity index is 0.000000162. The molecule has 2 rings (SSSR count). The number of hydrogen-bond acceptors (Lipinski definition) is 4. The Morgan fingerprint density at radius 1 is 1.33 bits per heavy atom. The molecular weight excluding hydrogens is 198 g/mol. The zero-order valence-corrected chi connectivity index (χ0v) is 7.58. The van der Waals surface area contributed by atoms with Gasteiger partial charge in [0, 0.05) is 5.88 Å². The lowest BCUT2D eigenvalue weighted by molar-refractivity contribution is 0.0697. The Hall–Kier alpha value is -2.37. The Bertz CT molecular complexity index is 400. The number of rotatable bonds is 1. The van der Waals surface area contributed by atoms with Gasteiger partial charge in [-0.2, -0.15) is 0 Å². The van der Waals surface area contributed by atoms with Crippen LogP contribution in [0, 0.1) is 6.20 Å². The summed E-state index contributed by atoms with van der Waals surface area (Å²) in [6.45, 7) is 0. The fraction of sp³-hybridized carbons (Fsp3) is 0. The number of aromatic hydroxyl groups is 1. The summed E-state index contributed by atoms with van der Waals surface area (Å²) in [4.78, 5) is 10.2. The van der Waals surface area contributed by atoms with Crippen LogP contribution >= 0.6 is 0 Å². The van der Waals surface area contributed by atoms with E-state index in [1.54, 1.807) is 30.3 Å². The highest BCUT2D eigenvalue weighted by molar-refractivity contribution is 5.87.